The summed E-state index contributed by atoms with van der Waals surface area (Å²) in [7, 11) is 4.43. The fourth-order valence-electron chi connectivity index (χ4n) is 3.80. The maximum absolute atomic E-state index is 13.4. The number of hydrogen-bond acceptors (Lipinski definition) is 6. The molecule has 4 aromatic rings. The molecule has 0 radical (unpaired) electrons. The molecule has 1 N–H and O–H groups in total. The number of carbonyl (C=O) groups excluding carboxylic acids is 2. The van der Waals surface area contributed by atoms with Gasteiger partial charge in [-0.05, 0) is 54.6 Å². The normalized spacial score (nSPS) is 10.7. The van der Waals surface area contributed by atoms with E-state index in [1.165, 1.54) is 43.2 Å². The molecule has 0 bridgehead atoms. The number of ether oxygens (including phenoxy) is 3. The standard InChI is InChI=1S/C27H23FN2O6/c1-34-19-10-8-18(9-11-19)29-25(31)15-30-14-21(26(32)16-4-6-17(28)7-5-16)27(33)20-12-23(35-2)24(36-3)13-22(20)30/h4-14H,15H2,1-3H3,(H,29,31). The van der Waals surface area contributed by atoms with E-state index in [9.17, 15) is 18.8 Å². The van der Waals surface area contributed by atoms with Gasteiger partial charge in [-0.25, -0.2) is 4.39 Å². The fraction of sp³-hybridized carbons (Fsp3) is 0.148. The average molecular weight is 490 g/mol. The molecule has 36 heavy (non-hydrogen) atoms. The van der Waals surface area contributed by atoms with Crippen molar-refractivity contribution in [3.05, 3.63) is 94.0 Å². The number of methoxy groups -OCH3 is 3. The highest BCUT2D eigenvalue weighted by Gasteiger charge is 2.20. The smallest absolute Gasteiger partial charge is 0.244 e. The largest absolute Gasteiger partial charge is 0.497 e. The number of carbonyl (C=O) groups is 2. The van der Waals surface area contributed by atoms with Crippen molar-refractivity contribution < 1.29 is 28.2 Å². The molecule has 1 amide bonds. The van der Waals surface area contributed by atoms with Crippen LogP contribution in [0.5, 0.6) is 17.2 Å². The van der Waals surface area contributed by atoms with Gasteiger partial charge in [-0.2, -0.15) is 0 Å². The Morgan fingerprint density at radius 3 is 2.14 bits per heavy atom. The van der Waals surface area contributed by atoms with Crippen LogP contribution in [0.25, 0.3) is 10.9 Å². The lowest BCUT2D eigenvalue weighted by Gasteiger charge is -2.16. The van der Waals surface area contributed by atoms with Crippen LogP contribution in [0.3, 0.4) is 0 Å². The van der Waals surface area contributed by atoms with Gasteiger partial charge in [0, 0.05) is 23.5 Å². The molecule has 0 aliphatic carbocycles. The monoisotopic (exact) mass is 490 g/mol. The summed E-state index contributed by atoms with van der Waals surface area (Å²) in [6.07, 6.45) is 1.33. The zero-order valence-corrected chi connectivity index (χ0v) is 19.8. The second-order valence-corrected chi connectivity index (χ2v) is 7.84. The number of halogens is 1. The molecule has 8 nitrogen and oxygen atoms in total. The third kappa shape index (κ3) is 4.90. The van der Waals surface area contributed by atoms with E-state index < -0.39 is 17.0 Å². The second-order valence-electron chi connectivity index (χ2n) is 7.84. The first-order valence-corrected chi connectivity index (χ1v) is 10.9. The minimum atomic E-state index is -0.596. The molecule has 0 fully saturated rings. The molecule has 0 aliphatic heterocycles. The van der Waals surface area contributed by atoms with Crippen LogP contribution in [0, 0.1) is 5.82 Å². The van der Waals surface area contributed by atoms with Crippen molar-refractivity contribution >= 4 is 28.3 Å². The van der Waals surface area contributed by atoms with Crippen LogP contribution >= 0.6 is 0 Å². The molecular weight excluding hydrogens is 467 g/mol. The summed E-state index contributed by atoms with van der Waals surface area (Å²) in [6, 6.07) is 14.7. The first-order chi connectivity index (χ1) is 17.3. The molecule has 0 saturated heterocycles. The van der Waals surface area contributed by atoms with Gasteiger partial charge >= 0.3 is 0 Å². The van der Waals surface area contributed by atoms with E-state index in [0.29, 0.717) is 28.5 Å². The van der Waals surface area contributed by atoms with E-state index in [2.05, 4.69) is 5.32 Å². The number of benzene rings is 3. The summed E-state index contributed by atoms with van der Waals surface area (Å²) in [4.78, 5) is 39.4. The van der Waals surface area contributed by atoms with E-state index >= 15 is 0 Å². The quantitative estimate of drug-likeness (QED) is 0.375. The number of hydrogen-bond donors (Lipinski definition) is 1. The molecule has 3 aromatic carbocycles. The van der Waals surface area contributed by atoms with E-state index in [0.717, 1.165) is 12.1 Å². The van der Waals surface area contributed by atoms with Crippen LogP contribution in [-0.4, -0.2) is 37.6 Å². The van der Waals surface area contributed by atoms with Crippen molar-refractivity contribution in [2.75, 3.05) is 26.6 Å². The molecule has 1 heterocycles. The van der Waals surface area contributed by atoms with Crippen LogP contribution in [0.15, 0.2) is 71.7 Å². The van der Waals surface area contributed by atoms with E-state index in [-0.39, 0.29) is 29.0 Å². The maximum Gasteiger partial charge on any atom is 0.244 e. The summed E-state index contributed by atoms with van der Waals surface area (Å²) >= 11 is 0. The minimum absolute atomic E-state index is 0.141. The summed E-state index contributed by atoms with van der Waals surface area (Å²) in [5.74, 6) is -0.200. The van der Waals surface area contributed by atoms with Crippen LogP contribution in [-0.2, 0) is 11.3 Å². The van der Waals surface area contributed by atoms with Gasteiger partial charge < -0.3 is 24.1 Å². The van der Waals surface area contributed by atoms with E-state index in [4.69, 9.17) is 14.2 Å². The number of nitrogens with zero attached hydrogens (tertiary/aromatic N) is 1. The molecule has 9 heteroatoms. The Hall–Kier alpha value is -4.66. The number of ketones is 1. The van der Waals surface area contributed by atoms with E-state index in [1.807, 2.05) is 0 Å². The first kappa shape index (κ1) is 24.5. The van der Waals surface area contributed by atoms with Gasteiger partial charge in [0.2, 0.25) is 11.3 Å². The van der Waals surface area contributed by atoms with Crippen LogP contribution in [0.2, 0.25) is 0 Å². The maximum atomic E-state index is 13.4. The highest BCUT2D eigenvalue weighted by Crippen LogP contribution is 2.31. The molecule has 1 aromatic heterocycles. The van der Waals surface area contributed by atoms with Crippen molar-refractivity contribution in [2.45, 2.75) is 6.54 Å². The number of nitrogens with one attached hydrogen (secondary N) is 1. The minimum Gasteiger partial charge on any atom is -0.497 e. The zero-order chi connectivity index (χ0) is 25.8. The number of rotatable bonds is 8. The van der Waals surface area contributed by atoms with Crippen LogP contribution in [0.4, 0.5) is 10.1 Å². The average Bonchev–Trinajstić information content (AvgIpc) is 2.90. The summed E-state index contributed by atoms with van der Waals surface area (Å²) in [6.45, 7) is -0.206. The van der Waals surface area contributed by atoms with Gasteiger partial charge in [0.1, 0.15) is 18.1 Å². The Morgan fingerprint density at radius 1 is 0.889 bits per heavy atom. The molecular formula is C27H23FN2O6. The fourth-order valence-corrected chi connectivity index (χ4v) is 3.80. The summed E-state index contributed by atoms with van der Waals surface area (Å²) in [5.41, 5.74) is 0.347. The molecule has 0 saturated carbocycles. The molecule has 184 valence electrons. The van der Waals surface area contributed by atoms with Gasteiger partial charge in [0.25, 0.3) is 0 Å². The van der Waals surface area contributed by atoms with Gasteiger partial charge in [0.05, 0.1) is 37.8 Å². The third-order valence-corrected chi connectivity index (χ3v) is 5.62. The van der Waals surface area contributed by atoms with Gasteiger partial charge in [-0.15, -0.1) is 0 Å². The Labute approximate surface area is 205 Å². The predicted octanol–water partition coefficient (Wildman–Crippen LogP) is 4.04. The van der Waals surface area contributed by atoms with Crippen LogP contribution in [0.1, 0.15) is 15.9 Å². The summed E-state index contributed by atoms with van der Waals surface area (Å²) < 4.78 is 30.7. The Balaban J connectivity index is 1.80. The number of anilines is 1. The topological polar surface area (TPSA) is 95.9 Å². The van der Waals surface area contributed by atoms with Crippen molar-refractivity contribution in [1.82, 2.24) is 4.57 Å². The number of amides is 1. The molecule has 4 rings (SSSR count). The molecule has 0 spiro atoms. The number of aromatic nitrogens is 1. The highest BCUT2D eigenvalue weighted by molar-refractivity contribution is 6.10. The lowest BCUT2D eigenvalue weighted by Crippen LogP contribution is -2.24. The van der Waals surface area contributed by atoms with E-state index in [1.54, 1.807) is 37.4 Å². The number of fused-ring (bicyclic) bond motifs is 1. The van der Waals surface area contributed by atoms with Crippen molar-refractivity contribution in [3.63, 3.8) is 0 Å². The second kappa shape index (κ2) is 10.3. The Kier molecular flexibility index (Phi) is 7.00. The Morgan fingerprint density at radius 2 is 1.53 bits per heavy atom. The van der Waals surface area contributed by atoms with Gasteiger partial charge in [0.15, 0.2) is 17.3 Å². The Bertz CT molecular complexity index is 1490. The summed E-state index contributed by atoms with van der Waals surface area (Å²) in [5, 5.41) is 2.95. The van der Waals surface area contributed by atoms with Gasteiger partial charge in [-0.3, -0.25) is 14.4 Å². The number of pyridine rings is 1. The van der Waals surface area contributed by atoms with Crippen LogP contribution < -0.4 is 25.0 Å². The SMILES string of the molecule is COc1ccc(NC(=O)Cn2cc(C(=O)c3ccc(F)cc3)c(=O)c3cc(OC)c(OC)cc32)cc1. The molecule has 0 unspecified atom stereocenters. The van der Waals surface area contributed by atoms with Crippen molar-refractivity contribution in [3.8, 4) is 17.2 Å². The van der Waals surface area contributed by atoms with Gasteiger partial charge in [-0.1, -0.05) is 0 Å². The predicted molar refractivity (Wildman–Crippen MR) is 133 cm³/mol. The molecule has 0 aliphatic rings. The lowest BCUT2D eigenvalue weighted by atomic mass is 10.0. The zero-order valence-electron chi connectivity index (χ0n) is 19.8. The highest BCUT2D eigenvalue weighted by atomic mass is 19.1. The third-order valence-electron chi connectivity index (χ3n) is 5.62. The molecule has 0 atom stereocenters. The van der Waals surface area contributed by atoms with Crippen molar-refractivity contribution in [2.24, 2.45) is 0 Å². The lowest BCUT2D eigenvalue weighted by molar-refractivity contribution is -0.116. The first-order valence-electron chi connectivity index (χ1n) is 10.9. The van der Waals surface area contributed by atoms with Crippen molar-refractivity contribution in [1.29, 1.82) is 0 Å².